The van der Waals surface area contributed by atoms with E-state index in [9.17, 15) is 19.8 Å². The van der Waals surface area contributed by atoms with Crippen molar-refractivity contribution in [3.63, 3.8) is 0 Å². The van der Waals surface area contributed by atoms with Gasteiger partial charge in [0.05, 0.1) is 12.0 Å². The highest BCUT2D eigenvalue weighted by Gasteiger charge is 2.38. The Hall–Kier alpha value is -1.92. The lowest BCUT2D eigenvalue weighted by Crippen LogP contribution is -2.39. The maximum atomic E-state index is 12.4. The summed E-state index contributed by atoms with van der Waals surface area (Å²) in [6, 6.07) is 9.21. The monoisotopic (exact) mass is 318 g/mol. The third-order valence-electron chi connectivity index (χ3n) is 4.80. The molecular weight excluding hydrogens is 296 g/mol. The van der Waals surface area contributed by atoms with Gasteiger partial charge in [0.25, 0.3) is 0 Å². The molecule has 0 spiro atoms. The molecule has 3 N–H and O–H groups in total. The zero-order valence-electron chi connectivity index (χ0n) is 12.9. The molecule has 1 aromatic rings. The molecule has 1 heterocycles. The second-order valence-electron chi connectivity index (χ2n) is 6.43. The van der Waals surface area contributed by atoms with Gasteiger partial charge in [-0.15, -0.1) is 0 Å². The summed E-state index contributed by atoms with van der Waals surface area (Å²) in [7, 11) is 0. The van der Waals surface area contributed by atoms with Crippen molar-refractivity contribution in [1.82, 2.24) is 5.32 Å². The number of aliphatic hydroxyl groups excluding tert-OH is 2. The van der Waals surface area contributed by atoms with E-state index in [1.165, 1.54) is 0 Å². The smallest absolute Gasteiger partial charge is 0.227 e. The molecule has 2 aliphatic rings. The topological polar surface area (TPSA) is 89.9 Å². The van der Waals surface area contributed by atoms with Crippen molar-refractivity contribution in [2.75, 3.05) is 18.1 Å². The molecule has 1 saturated heterocycles. The molecule has 4 atom stereocenters. The van der Waals surface area contributed by atoms with Gasteiger partial charge in [0, 0.05) is 37.2 Å². The van der Waals surface area contributed by atoms with Crippen LogP contribution < -0.4 is 10.2 Å². The van der Waals surface area contributed by atoms with Gasteiger partial charge in [-0.3, -0.25) is 9.59 Å². The number of hydrogen-bond acceptors (Lipinski definition) is 4. The highest BCUT2D eigenvalue weighted by molar-refractivity contribution is 6.00. The number of nitrogens with zero attached hydrogens (tertiary/aromatic N) is 1. The molecule has 1 aromatic carbocycles. The Kier molecular flexibility index (Phi) is 4.63. The van der Waals surface area contributed by atoms with Crippen LogP contribution in [0.5, 0.6) is 0 Å². The van der Waals surface area contributed by atoms with Gasteiger partial charge in [0.15, 0.2) is 0 Å². The molecule has 0 aromatic heterocycles. The third kappa shape index (κ3) is 3.38. The summed E-state index contributed by atoms with van der Waals surface area (Å²) in [4.78, 5) is 26.2. The van der Waals surface area contributed by atoms with Crippen molar-refractivity contribution in [2.45, 2.75) is 31.4 Å². The van der Waals surface area contributed by atoms with Crippen molar-refractivity contribution in [2.24, 2.45) is 11.8 Å². The summed E-state index contributed by atoms with van der Waals surface area (Å²) in [5, 5.41) is 21.9. The Morgan fingerprint density at radius 2 is 2.00 bits per heavy atom. The summed E-state index contributed by atoms with van der Waals surface area (Å²) < 4.78 is 0. The van der Waals surface area contributed by atoms with Crippen LogP contribution in [0.3, 0.4) is 0 Å². The number of nitrogens with one attached hydrogen (secondary N) is 1. The first-order chi connectivity index (χ1) is 11.1. The van der Waals surface area contributed by atoms with E-state index in [1.54, 1.807) is 4.90 Å². The van der Waals surface area contributed by atoms with Gasteiger partial charge in [-0.05, 0) is 25.0 Å². The Labute approximate surface area is 135 Å². The average Bonchev–Trinajstić information content (AvgIpc) is 3.11. The van der Waals surface area contributed by atoms with Crippen molar-refractivity contribution in [3.05, 3.63) is 30.3 Å². The predicted octanol–water partition coefficient (Wildman–Crippen LogP) is 0.287. The lowest BCUT2D eigenvalue weighted by atomic mass is 10.1. The van der Waals surface area contributed by atoms with Crippen LogP contribution in [0.15, 0.2) is 30.3 Å². The fraction of sp³-hybridized carbons (Fsp3) is 0.529. The van der Waals surface area contributed by atoms with Crippen LogP contribution in [0.4, 0.5) is 5.69 Å². The molecule has 1 saturated carbocycles. The van der Waals surface area contributed by atoms with Crippen molar-refractivity contribution in [3.8, 4) is 0 Å². The SMILES string of the molecule is O=C(N[C@H]1C[C@@H](CO)[C@@H](O)C1)[C@H]1CC(=O)N(c2ccccc2)C1. The first kappa shape index (κ1) is 16.0. The van der Waals surface area contributed by atoms with Gasteiger partial charge in [0.2, 0.25) is 11.8 Å². The minimum absolute atomic E-state index is 0.0453. The first-order valence-electron chi connectivity index (χ1n) is 8.03. The molecule has 23 heavy (non-hydrogen) atoms. The number of hydrogen-bond donors (Lipinski definition) is 3. The van der Waals surface area contributed by atoms with Crippen molar-refractivity contribution >= 4 is 17.5 Å². The summed E-state index contributed by atoms with van der Waals surface area (Å²) >= 11 is 0. The van der Waals surface area contributed by atoms with Crippen LogP contribution in [0.2, 0.25) is 0 Å². The molecule has 0 radical (unpaired) electrons. The standard InChI is InChI=1S/C17H22N2O4/c20-10-12-6-13(8-15(12)21)18-17(23)11-7-16(22)19(9-11)14-4-2-1-3-5-14/h1-5,11-13,15,20-21H,6-10H2,(H,18,23)/t11-,12-,13-,15-/m0/s1. The van der Waals surface area contributed by atoms with Gasteiger partial charge >= 0.3 is 0 Å². The molecule has 2 amide bonds. The minimum atomic E-state index is -0.573. The number of rotatable bonds is 4. The largest absolute Gasteiger partial charge is 0.396 e. The van der Waals surface area contributed by atoms with E-state index in [-0.39, 0.29) is 42.7 Å². The molecule has 0 unspecified atom stereocenters. The molecule has 3 rings (SSSR count). The van der Waals surface area contributed by atoms with E-state index in [0.717, 1.165) is 5.69 Å². The number of para-hydroxylation sites is 1. The maximum Gasteiger partial charge on any atom is 0.227 e. The highest BCUT2D eigenvalue weighted by atomic mass is 16.3. The number of anilines is 1. The van der Waals surface area contributed by atoms with Crippen LogP contribution in [-0.2, 0) is 9.59 Å². The van der Waals surface area contributed by atoms with Crippen molar-refractivity contribution < 1.29 is 19.8 Å². The van der Waals surface area contributed by atoms with E-state index in [2.05, 4.69) is 5.32 Å². The zero-order chi connectivity index (χ0) is 16.4. The summed E-state index contributed by atoms with van der Waals surface area (Å²) in [6.07, 6.45) is 0.669. The van der Waals surface area contributed by atoms with Gasteiger partial charge in [-0.2, -0.15) is 0 Å². The molecule has 6 nitrogen and oxygen atoms in total. The van der Waals surface area contributed by atoms with E-state index in [1.807, 2.05) is 30.3 Å². The number of benzene rings is 1. The second kappa shape index (κ2) is 6.68. The quantitative estimate of drug-likeness (QED) is 0.744. The van der Waals surface area contributed by atoms with Gasteiger partial charge < -0.3 is 20.4 Å². The molecular formula is C17H22N2O4. The maximum absolute atomic E-state index is 12.4. The predicted molar refractivity (Wildman–Crippen MR) is 84.6 cm³/mol. The molecule has 1 aliphatic carbocycles. The zero-order valence-corrected chi connectivity index (χ0v) is 12.9. The van der Waals surface area contributed by atoms with Crippen LogP contribution in [-0.4, -0.2) is 47.3 Å². The van der Waals surface area contributed by atoms with Gasteiger partial charge in [0.1, 0.15) is 0 Å². The molecule has 0 bridgehead atoms. The lowest BCUT2D eigenvalue weighted by molar-refractivity contribution is -0.126. The lowest BCUT2D eigenvalue weighted by Gasteiger charge is -2.18. The number of aliphatic hydroxyl groups is 2. The fourth-order valence-electron chi connectivity index (χ4n) is 3.48. The molecule has 1 aliphatic heterocycles. The number of amides is 2. The Morgan fingerprint density at radius 3 is 2.65 bits per heavy atom. The third-order valence-corrected chi connectivity index (χ3v) is 4.80. The molecule has 6 heteroatoms. The van der Waals surface area contributed by atoms with E-state index in [0.29, 0.717) is 19.4 Å². The average molecular weight is 318 g/mol. The van der Waals surface area contributed by atoms with Gasteiger partial charge in [-0.1, -0.05) is 18.2 Å². The molecule has 124 valence electrons. The Balaban J connectivity index is 1.58. The van der Waals surface area contributed by atoms with E-state index in [4.69, 9.17) is 0 Å². The van der Waals surface area contributed by atoms with Crippen LogP contribution in [0, 0.1) is 11.8 Å². The normalized spacial score (nSPS) is 30.7. The number of carbonyl (C=O) groups is 2. The number of carbonyl (C=O) groups excluding carboxylic acids is 2. The van der Waals surface area contributed by atoms with Crippen LogP contribution in [0.1, 0.15) is 19.3 Å². The Bertz CT molecular complexity index is 577. The van der Waals surface area contributed by atoms with Crippen LogP contribution in [0.25, 0.3) is 0 Å². The van der Waals surface area contributed by atoms with Gasteiger partial charge in [-0.25, -0.2) is 0 Å². The van der Waals surface area contributed by atoms with Crippen LogP contribution >= 0.6 is 0 Å². The van der Waals surface area contributed by atoms with Crippen molar-refractivity contribution in [1.29, 1.82) is 0 Å². The Morgan fingerprint density at radius 1 is 1.26 bits per heavy atom. The highest BCUT2D eigenvalue weighted by Crippen LogP contribution is 2.28. The summed E-state index contributed by atoms with van der Waals surface area (Å²) in [6.45, 7) is 0.310. The molecule has 2 fully saturated rings. The minimum Gasteiger partial charge on any atom is -0.396 e. The first-order valence-corrected chi connectivity index (χ1v) is 8.03. The van der Waals surface area contributed by atoms with E-state index >= 15 is 0 Å². The summed E-state index contributed by atoms with van der Waals surface area (Å²) in [5.41, 5.74) is 0.810. The van der Waals surface area contributed by atoms with E-state index < -0.39 is 6.10 Å². The summed E-state index contributed by atoms with van der Waals surface area (Å²) in [5.74, 6) is -0.733. The second-order valence-corrected chi connectivity index (χ2v) is 6.43. The fourth-order valence-corrected chi connectivity index (χ4v) is 3.48.